The predicted molar refractivity (Wildman–Crippen MR) is 61.4 cm³/mol. The van der Waals surface area contributed by atoms with Crippen LogP contribution in [0.15, 0.2) is 0 Å². The Morgan fingerprint density at radius 3 is 2.38 bits per heavy atom. The van der Waals surface area contributed by atoms with Crippen LogP contribution in [0.3, 0.4) is 0 Å². The molecule has 0 heterocycles. The minimum absolute atomic E-state index is 0.240. The summed E-state index contributed by atoms with van der Waals surface area (Å²) in [6.07, 6.45) is 5.87. The lowest BCUT2D eigenvalue weighted by Gasteiger charge is -2.04. The SMILES string of the molecule is CCCCCCCOC(=O)C(Br)Br. The third kappa shape index (κ3) is 8.75. The molecule has 0 aromatic heterocycles. The molecule has 0 rings (SSSR count). The maximum Gasteiger partial charge on any atom is 0.330 e. The molecule has 4 heteroatoms. The molecule has 0 aromatic carbocycles. The van der Waals surface area contributed by atoms with Crippen molar-refractivity contribution in [3.05, 3.63) is 0 Å². The van der Waals surface area contributed by atoms with E-state index >= 15 is 0 Å². The molecule has 0 aromatic rings. The number of carbonyl (C=O) groups excluding carboxylic acids is 1. The van der Waals surface area contributed by atoms with Gasteiger partial charge in [-0.25, -0.2) is 4.79 Å². The van der Waals surface area contributed by atoms with Crippen LogP contribution in [0.25, 0.3) is 0 Å². The monoisotopic (exact) mass is 314 g/mol. The molecule has 0 unspecified atom stereocenters. The van der Waals surface area contributed by atoms with Gasteiger partial charge in [0.05, 0.1) is 6.61 Å². The fraction of sp³-hybridized carbons (Fsp3) is 0.889. The van der Waals surface area contributed by atoms with Gasteiger partial charge in [-0.3, -0.25) is 0 Å². The first-order valence-corrected chi connectivity index (χ1v) is 6.46. The zero-order chi connectivity index (χ0) is 10.1. The van der Waals surface area contributed by atoms with Gasteiger partial charge in [0, 0.05) is 0 Å². The van der Waals surface area contributed by atoms with E-state index in [4.69, 9.17) is 4.74 Å². The normalized spacial score (nSPS) is 10.5. The van der Waals surface area contributed by atoms with Gasteiger partial charge in [0.2, 0.25) is 0 Å². The summed E-state index contributed by atoms with van der Waals surface area (Å²) < 4.78 is 4.59. The Bertz CT molecular complexity index is 138. The van der Waals surface area contributed by atoms with Crippen molar-refractivity contribution in [3.63, 3.8) is 0 Å². The number of rotatable bonds is 7. The molecule has 2 nitrogen and oxygen atoms in total. The summed E-state index contributed by atoms with van der Waals surface area (Å²) in [5.41, 5.74) is 0. The molecule has 78 valence electrons. The molecule has 0 saturated carbocycles. The van der Waals surface area contributed by atoms with Gasteiger partial charge in [0.1, 0.15) is 0 Å². The molecular formula is C9H16Br2O2. The Balaban J connectivity index is 3.12. The molecule has 0 atom stereocenters. The van der Waals surface area contributed by atoms with Gasteiger partial charge in [-0.15, -0.1) is 0 Å². The number of ether oxygens (including phenoxy) is 1. The largest absolute Gasteiger partial charge is 0.464 e. The summed E-state index contributed by atoms with van der Waals surface area (Å²) in [4.78, 5) is 10.9. The van der Waals surface area contributed by atoms with Gasteiger partial charge in [-0.05, 0) is 6.42 Å². The Morgan fingerprint density at radius 2 is 1.85 bits per heavy atom. The van der Waals surface area contributed by atoms with Crippen LogP contribution >= 0.6 is 31.9 Å². The van der Waals surface area contributed by atoms with E-state index in [9.17, 15) is 4.79 Å². The lowest BCUT2D eigenvalue weighted by atomic mass is 10.2. The Hall–Kier alpha value is 0.430. The highest BCUT2D eigenvalue weighted by molar-refractivity contribution is 9.25. The number of halogens is 2. The van der Waals surface area contributed by atoms with E-state index in [0.29, 0.717) is 6.61 Å². The molecule has 0 fully saturated rings. The molecule has 0 aliphatic carbocycles. The average molecular weight is 316 g/mol. The Kier molecular flexibility index (Phi) is 9.30. The smallest absolute Gasteiger partial charge is 0.330 e. The van der Waals surface area contributed by atoms with E-state index in [1.165, 1.54) is 19.3 Å². The maximum atomic E-state index is 10.9. The van der Waals surface area contributed by atoms with Gasteiger partial charge in [-0.1, -0.05) is 64.5 Å². The van der Waals surface area contributed by atoms with E-state index < -0.39 is 0 Å². The van der Waals surface area contributed by atoms with Crippen LogP contribution in [0.5, 0.6) is 0 Å². The topological polar surface area (TPSA) is 26.3 Å². The van der Waals surface area contributed by atoms with Crippen molar-refractivity contribution in [3.8, 4) is 0 Å². The van der Waals surface area contributed by atoms with Gasteiger partial charge in [-0.2, -0.15) is 0 Å². The Morgan fingerprint density at radius 1 is 1.23 bits per heavy atom. The number of carbonyl (C=O) groups is 1. The number of hydrogen-bond acceptors (Lipinski definition) is 2. The molecule has 0 aliphatic heterocycles. The summed E-state index contributed by atoms with van der Waals surface area (Å²) in [6.45, 7) is 2.72. The van der Waals surface area contributed by atoms with E-state index in [0.717, 1.165) is 12.8 Å². The second kappa shape index (κ2) is 9.00. The van der Waals surface area contributed by atoms with Crippen molar-refractivity contribution < 1.29 is 9.53 Å². The molecule has 0 N–H and O–H groups in total. The zero-order valence-corrected chi connectivity index (χ0v) is 11.1. The van der Waals surface area contributed by atoms with E-state index in [-0.39, 0.29) is 9.71 Å². The molecular weight excluding hydrogens is 300 g/mol. The number of hydrogen-bond donors (Lipinski definition) is 0. The van der Waals surface area contributed by atoms with Crippen LogP contribution in [0.2, 0.25) is 0 Å². The van der Waals surface area contributed by atoms with E-state index in [1.807, 2.05) is 0 Å². The molecule has 0 saturated heterocycles. The van der Waals surface area contributed by atoms with Crippen LogP contribution < -0.4 is 0 Å². The van der Waals surface area contributed by atoms with Crippen LogP contribution in [0.4, 0.5) is 0 Å². The van der Waals surface area contributed by atoms with Crippen molar-refractivity contribution in [2.24, 2.45) is 0 Å². The Labute approximate surface area is 96.7 Å². The fourth-order valence-electron chi connectivity index (χ4n) is 0.941. The highest BCUT2D eigenvalue weighted by Gasteiger charge is 2.10. The molecule has 13 heavy (non-hydrogen) atoms. The van der Waals surface area contributed by atoms with Crippen molar-refractivity contribution >= 4 is 37.8 Å². The lowest BCUT2D eigenvalue weighted by Crippen LogP contribution is -2.12. The summed E-state index contributed by atoms with van der Waals surface area (Å²) in [7, 11) is 0. The average Bonchev–Trinajstić information content (AvgIpc) is 2.10. The standard InChI is InChI=1S/C9H16Br2O2/c1-2-3-4-5-6-7-13-9(12)8(10)11/h8H,2-7H2,1H3. The van der Waals surface area contributed by atoms with Gasteiger partial charge >= 0.3 is 5.97 Å². The first-order valence-electron chi connectivity index (χ1n) is 4.63. The summed E-state index contributed by atoms with van der Waals surface area (Å²) in [5, 5.41) is 0. The summed E-state index contributed by atoms with van der Waals surface area (Å²) in [6, 6.07) is 0. The molecule has 0 spiro atoms. The number of alkyl halides is 2. The summed E-state index contributed by atoms with van der Waals surface area (Å²) >= 11 is 6.15. The second-order valence-corrected chi connectivity index (χ2v) is 5.94. The highest BCUT2D eigenvalue weighted by Crippen LogP contribution is 2.10. The zero-order valence-electron chi connectivity index (χ0n) is 7.89. The molecule has 0 aliphatic rings. The number of esters is 1. The number of unbranched alkanes of at least 4 members (excludes halogenated alkanes) is 4. The van der Waals surface area contributed by atoms with Crippen LogP contribution in [-0.2, 0) is 9.53 Å². The maximum absolute atomic E-state index is 10.9. The second-order valence-electron chi connectivity index (χ2n) is 2.88. The fourth-order valence-corrected chi connectivity index (χ4v) is 1.21. The van der Waals surface area contributed by atoms with Gasteiger partial charge in [0.25, 0.3) is 0 Å². The molecule has 0 radical (unpaired) electrons. The predicted octanol–water partition coefficient (Wildman–Crippen LogP) is 3.62. The van der Waals surface area contributed by atoms with Gasteiger partial charge < -0.3 is 4.74 Å². The summed E-state index contributed by atoms with van der Waals surface area (Å²) in [5.74, 6) is -0.240. The van der Waals surface area contributed by atoms with Gasteiger partial charge in [0.15, 0.2) is 3.74 Å². The minimum atomic E-state index is -0.365. The third-order valence-corrected chi connectivity index (χ3v) is 2.42. The van der Waals surface area contributed by atoms with Crippen LogP contribution in [0.1, 0.15) is 39.0 Å². The lowest BCUT2D eigenvalue weighted by molar-refractivity contribution is -0.141. The van der Waals surface area contributed by atoms with Crippen LogP contribution in [0, 0.1) is 0 Å². The highest BCUT2D eigenvalue weighted by atomic mass is 79.9. The van der Waals surface area contributed by atoms with Crippen molar-refractivity contribution in [1.29, 1.82) is 0 Å². The van der Waals surface area contributed by atoms with E-state index in [2.05, 4.69) is 38.8 Å². The quantitative estimate of drug-likeness (QED) is 0.407. The molecule has 0 bridgehead atoms. The first kappa shape index (κ1) is 13.4. The van der Waals surface area contributed by atoms with Crippen molar-refractivity contribution in [1.82, 2.24) is 0 Å². The molecule has 0 amide bonds. The third-order valence-electron chi connectivity index (χ3n) is 1.67. The van der Waals surface area contributed by atoms with E-state index in [1.54, 1.807) is 0 Å². The van der Waals surface area contributed by atoms with Crippen molar-refractivity contribution in [2.75, 3.05) is 6.61 Å². The van der Waals surface area contributed by atoms with Crippen LogP contribution in [-0.4, -0.2) is 16.3 Å². The first-order chi connectivity index (χ1) is 6.18. The minimum Gasteiger partial charge on any atom is -0.464 e. The van der Waals surface area contributed by atoms with Crippen molar-refractivity contribution in [2.45, 2.75) is 42.8 Å².